The Kier molecular flexibility index (Phi) is 6.39. The number of thiophene rings is 1. The van der Waals surface area contributed by atoms with Crippen molar-refractivity contribution in [3.05, 3.63) is 71.6 Å². The molecule has 164 valence electrons. The van der Waals surface area contributed by atoms with E-state index in [4.69, 9.17) is 4.74 Å². The van der Waals surface area contributed by atoms with Crippen LogP contribution in [-0.4, -0.2) is 40.3 Å². The van der Waals surface area contributed by atoms with Crippen molar-refractivity contribution >= 4 is 33.3 Å². The Morgan fingerprint density at radius 2 is 1.91 bits per heavy atom. The van der Waals surface area contributed by atoms with Crippen LogP contribution in [0.25, 0.3) is 21.3 Å². The van der Waals surface area contributed by atoms with Gasteiger partial charge < -0.3 is 4.74 Å². The molecular formula is C25H24FN3OS2. The van der Waals surface area contributed by atoms with Gasteiger partial charge in [0, 0.05) is 41.0 Å². The topological polar surface area (TPSA) is 38.2 Å². The van der Waals surface area contributed by atoms with E-state index < -0.39 is 0 Å². The molecule has 7 heteroatoms. The molecule has 1 saturated heterocycles. The first kappa shape index (κ1) is 21.4. The lowest BCUT2D eigenvalue weighted by Gasteiger charge is -2.31. The molecule has 2 aromatic heterocycles. The highest BCUT2D eigenvalue weighted by Crippen LogP contribution is 2.38. The highest BCUT2D eigenvalue weighted by molar-refractivity contribution is 7.98. The third-order valence-corrected chi connectivity index (χ3v) is 7.53. The number of ether oxygens (including phenoxy) is 1. The fraction of sp³-hybridized carbons (Fsp3) is 0.280. The maximum absolute atomic E-state index is 14.7. The molecule has 0 radical (unpaired) electrons. The van der Waals surface area contributed by atoms with Crippen molar-refractivity contribution in [3.63, 3.8) is 0 Å². The zero-order valence-corrected chi connectivity index (χ0v) is 19.5. The molecule has 32 heavy (non-hydrogen) atoms. The molecular weight excluding hydrogens is 441 g/mol. The van der Waals surface area contributed by atoms with E-state index in [1.807, 2.05) is 23.8 Å². The predicted octanol–water partition coefficient (Wildman–Crippen LogP) is 6.26. The largest absolute Gasteiger partial charge is 0.473 e. The number of aromatic nitrogens is 2. The van der Waals surface area contributed by atoms with Crippen molar-refractivity contribution < 1.29 is 9.13 Å². The highest BCUT2D eigenvalue weighted by Gasteiger charge is 2.23. The second kappa shape index (κ2) is 9.57. The SMILES string of the molecule is CSc1ccc(-c2csc3c(OC4CCN(Cc5ccccc5)CC4)ncnc23)c(F)c1. The molecule has 0 saturated carbocycles. The number of rotatable bonds is 6. The van der Waals surface area contributed by atoms with Gasteiger partial charge in [0.1, 0.15) is 22.9 Å². The van der Waals surface area contributed by atoms with Gasteiger partial charge in [-0.15, -0.1) is 23.1 Å². The van der Waals surface area contributed by atoms with Crippen LogP contribution in [0.15, 0.2) is 65.1 Å². The Morgan fingerprint density at radius 1 is 1.09 bits per heavy atom. The summed E-state index contributed by atoms with van der Waals surface area (Å²) < 4.78 is 21.9. The zero-order valence-electron chi connectivity index (χ0n) is 17.8. The van der Waals surface area contributed by atoms with E-state index in [1.165, 1.54) is 35.0 Å². The van der Waals surface area contributed by atoms with Crippen LogP contribution in [0.1, 0.15) is 18.4 Å². The molecule has 1 aliphatic heterocycles. The zero-order chi connectivity index (χ0) is 21.9. The van der Waals surface area contributed by atoms with E-state index in [9.17, 15) is 4.39 Å². The third-order valence-electron chi connectivity index (χ3n) is 5.85. The van der Waals surface area contributed by atoms with Crippen LogP contribution >= 0.6 is 23.1 Å². The minimum atomic E-state index is -0.233. The van der Waals surface area contributed by atoms with Gasteiger partial charge in [0.2, 0.25) is 5.88 Å². The van der Waals surface area contributed by atoms with E-state index in [2.05, 4.69) is 45.2 Å². The molecule has 0 amide bonds. The van der Waals surface area contributed by atoms with E-state index in [0.29, 0.717) is 11.4 Å². The van der Waals surface area contributed by atoms with Gasteiger partial charge in [-0.2, -0.15) is 0 Å². The number of likely N-dealkylation sites (tertiary alicyclic amines) is 1. The van der Waals surface area contributed by atoms with Crippen LogP contribution in [0, 0.1) is 5.82 Å². The third kappa shape index (κ3) is 4.51. The number of hydrogen-bond acceptors (Lipinski definition) is 6. The normalized spacial score (nSPS) is 15.3. The van der Waals surface area contributed by atoms with Crippen molar-refractivity contribution in [2.75, 3.05) is 19.3 Å². The smallest absolute Gasteiger partial charge is 0.235 e. The van der Waals surface area contributed by atoms with Crippen LogP contribution in [-0.2, 0) is 6.54 Å². The molecule has 0 spiro atoms. The first-order valence-corrected chi connectivity index (χ1v) is 12.8. The van der Waals surface area contributed by atoms with Gasteiger partial charge in [-0.3, -0.25) is 4.90 Å². The summed E-state index contributed by atoms with van der Waals surface area (Å²) in [5, 5.41) is 1.95. The first-order valence-electron chi connectivity index (χ1n) is 10.7. The summed E-state index contributed by atoms with van der Waals surface area (Å²) in [4.78, 5) is 12.2. The van der Waals surface area contributed by atoms with Crippen molar-refractivity contribution in [2.45, 2.75) is 30.4 Å². The maximum Gasteiger partial charge on any atom is 0.235 e. The average Bonchev–Trinajstić information content (AvgIpc) is 3.26. The summed E-state index contributed by atoms with van der Waals surface area (Å²) in [6.07, 6.45) is 5.51. The molecule has 3 heterocycles. The van der Waals surface area contributed by atoms with Gasteiger partial charge in [-0.1, -0.05) is 36.4 Å². The number of hydrogen-bond donors (Lipinski definition) is 0. The monoisotopic (exact) mass is 465 g/mol. The molecule has 5 rings (SSSR count). The lowest BCUT2D eigenvalue weighted by molar-refractivity contribution is 0.0946. The summed E-state index contributed by atoms with van der Waals surface area (Å²) in [5.74, 6) is 0.373. The molecule has 0 atom stereocenters. The molecule has 1 fully saturated rings. The van der Waals surface area contributed by atoms with E-state index >= 15 is 0 Å². The van der Waals surface area contributed by atoms with E-state index in [-0.39, 0.29) is 11.9 Å². The summed E-state index contributed by atoms with van der Waals surface area (Å²) in [7, 11) is 0. The highest BCUT2D eigenvalue weighted by atomic mass is 32.2. The van der Waals surface area contributed by atoms with E-state index in [1.54, 1.807) is 6.07 Å². The molecule has 0 N–H and O–H groups in total. The van der Waals surface area contributed by atoms with Gasteiger partial charge in [-0.25, -0.2) is 14.4 Å². The second-order valence-electron chi connectivity index (χ2n) is 7.93. The lowest BCUT2D eigenvalue weighted by Crippen LogP contribution is -2.37. The number of piperidine rings is 1. The van der Waals surface area contributed by atoms with Gasteiger partial charge in [0.15, 0.2) is 0 Å². The van der Waals surface area contributed by atoms with Gasteiger partial charge >= 0.3 is 0 Å². The van der Waals surface area contributed by atoms with Crippen LogP contribution in [0.5, 0.6) is 5.88 Å². The molecule has 0 unspecified atom stereocenters. The number of nitrogens with zero attached hydrogens (tertiary/aromatic N) is 3. The number of halogens is 1. The predicted molar refractivity (Wildman–Crippen MR) is 130 cm³/mol. The van der Waals surface area contributed by atoms with Crippen molar-refractivity contribution in [3.8, 4) is 17.0 Å². The summed E-state index contributed by atoms with van der Waals surface area (Å²) in [6, 6.07) is 15.9. The molecule has 0 aliphatic carbocycles. The van der Waals surface area contributed by atoms with Crippen molar-refractivity contribution in [1.29, 1.82) is 0 Å². The molecule has 2 aromatic carbocycles. The Hall–Kier alpha value is -2.48. The minimum absolute atomic E-state index is 0.128. The fourth-order valence-electron chi connectivity index (χ4n) is 4.13. The lowest BCUT2D eigenvalue weighted by atomic mass is 10.1. The Morgan fingerprint density at radius 3 is 2.66 bits per heavy atom. The molecule has 0 bridgehead atoms. The van der Waals surface area contributed by atoms with Crippen molar-refractivity contribution in [2.24, 2.45) is 0 Å². The molecule has 1 aliphatic rings. The standard InChI is InChI=1S/C25H24FN3OS2/c1-31-19-7-8-20(22(26)13-19)21-15-32-24-23(21)27-16-28-25(24)30-18-9-11-29(12-10-18)14-17-5-3-2-4-6-17/h2-8,13,15-16,18H,9-12,14H2,1H3. The number of thioether (sulfide) groups is 1. The van der Waals surface area contributed by atoms with Gasteiger partial charge in [-0.05, 0) is 36.8 Å². The second-order valence-corrected chi connectivity index (χ2v) is 9.69. The summed E-state index contributed by atoms with van der Waals surface area (Å²) in [5.41, 5.74) is 3.44. The Balaban J connectivity index is 1.30. The Labute approximate surface area is 195 Å². The number of fused-ring (bicyclic) bond motifs is 1. The Bertz CT molecular complexity index is 1210. The fourth-order valence-corrected chi connectivity index (χ4v) is 5.51. The summed E-state index contributed by atoms with van der Waals surface area (Å²) >= 11 is 3.04. The van der Waals surface area contributed by atoms with Crippen LogP contribution < -0.4 is 4.74 Å². The van der Waals surface area contributed by atoms with Crippen molar-refractivity contribution in [1.82, 2.24) is 14.9 Å². The minimum Gasteiger partial charge on any atom is -0.473 e. The van der Waals surface area contributed by atoms with Crippen LogP contribution in [0.2, 0.25) is 0 Å². The van der Waals surface area contributed by atoms with Gasteiger partial charge in [0.05, 0.1) is 5.52 Å². The maximum atomic E-state index is 14.7. The average molecular weight is 466 g/mol. The van der Waals surface area contributed by atoms with Crippen LogP contribution in [0.4, 0.5) is 4.39 Å². The molecule has 4 aromatic rings. The van der Waals surface area contributed by atoms with E-state index in [0.717, 1.165) is 53.2 Å². The van der Waals surface area contributed by atoms with Crippen LogP contribution in [0.3, 0.4) is 0 Å². The molecule has 4 nitrogen and oxygen atoms in total. The van der Waals surface area contributed by atoms with Gasteiger partial charge in [0.25, 0.3) is 0 Å². The first-order chi connectivity index (χ1) is 15.7. The quantitative estimate of drug-likeness (QED) is 0.314. The summed E-state index contributed by atoms with van der Waals surface area (Å²) in [6.45, 7) is 2.97. The number of benzene rings is 2.